The van der Waals surface area contributed by atoms with Gasteiger partial charge in [-0.05, 0) is 209 Å². The molecule has 8 aromatic carbocycles. The second-order valence-electron chi connectivity index (χ2n) is 29.3. The number of anilines is 6. The summed E-state index contributed by atoms with van der Waals surface area (Å²) >= 11 is 0. The van der Waals surface area contributed by atoms with E-state index in [1.807, 2.05) is 109 Å². The van der Waals surface area contributed by atoms with Gasteiger partial charge < -0.3 is 50.3 Å². The van der Waals surface area contributed by atoms with Crippen LogP contribution in [0.4, 0.5) is 34.1 Å². The van der Waals surface area contributed by atoms with Crippen molar-refractivity contribution < 1.29 is 40.6 Å². The summed E-state index contributed by atoms with van der Waals surface area (Å²) in [4.78, 5) is 48.8. The quantitative estimate of drug-likeness (QED) is 0.0615. The maximum atomic E-state index is 14.2. The molecule has 6 aromatic heterocycles. The van der Waals surface area contributed by atoms with Crippen LogP contribution in [0.3, 0.4) is 0 Å². The summed E-state index contributed by atoms with van der Waals surface area (Å²) in [7, 11) is -8.03. The maximum absolute atomic E-state index is 14.2. The highest BCUT2D eigenvalue weighted by Crippen LogP contribution is 2.43. The molecule has 118 heavy (non-hydrogen) atoms. The number of fused-ring (bicyclic) bond motifs is 3. The number of morpholine rings is 3. The average molecular weight is 1600 g/mol. The Morgan fingerprint density at radius 2 is 0.763 bits per heavy atom. The summed E-state index contributed by atoms with van der Waals surface area (Å²) in [6.45, 7) is 9.24. The van der Waals surface area contributed by atoms with Crippen LogP contribution in [-0.4, -0.2) is 135 Å². The number of nitrogens with two attached hydrogens (primary N) is 1. The molecule has 9 heterocycles. The number of nitrogens with one attached hydrogen (secondary N) is 3. The molecule has 3 saturated heterocycles. The van der Waals surface area contributed by atoms with Crippen LogP contribution in [0.25, 0.3) is 100 Å². The van der Waals surface area contributed by atoms with Crippen molar-refractivity contribution in [3.05, 3.63) is 260 Å². The Hall–Kier alpha value is -13.8. The van der Waals surface area contributed by atoms with Crippen LogP contribution in [0.2, 0.25) is 0 Å². The molecule has 2 amide bonds. The molecule has 588 valence electrons. The Kier molecular flexibility index (Phi) is 21.6. The van der Waals surface area contributed by atoms with Gasteiger partial charge in [-0.3, -0.25) is 9.59 Å². The van der Waals surface area contributed by atoms with Crippen LogP contribution < -0.4 is 31.1 Å². The number of H-pyrrole nitrogens is 1. The number of rotatable bonds is 17. The van der Waals surface area contributed by atoms with Gasteiger partial charge in [0.2, 0.25) is 11.8 Å². The molecular weight excluding hydrogens is 1520 g/mol. The van der Waals surface area contributed by atoms with Crippen molar-refractivity contribution in [1.29, 1.82) is 15.8 Å². The smallest absolute Gasteiger partial charge is 0.269 e. The Balaban J connectivity index is 0.000000128. The molecule has 3 aliphatic heterocycles. The van der Waals surface area contributed by atoms with E-state index in [4.69, 9.17) is 19.9 Å². The highest BCUT2D eigenvalue weighted by Gasteiger charge is 2.33. The van der Waals surface area contributed by atoms with E-state index >= 15 is 0 Å². The Bertz CT molecular complexity index is 6530. The van der Waals surface area contributed by atoms with Gasteiger partial charge in [0.05, 0.1) is 88.9 Å². The van der Waals surface area contributed by atoms with Crippen molar-refractivity contribution in [1.82, 2.24) is 27.9 Å². The van der Waals surface area contributed by atoms with Gasteiger partial charge in [0.15, 0.2) is 11.3 Å². The fourth-order valence-electron chi connectivity index (χ4n) is 15.2. The molecule has 14 aromatic rings. The van der Waals surface area contributed by atoms with Gasteiger partial charge in [0.1, 0.15) is 23.9 Å². The number of aromatic nitrogens is 6. The highest BCUT2D eigenvalue weighted by molar-refractivity contribution is 7.90. The minimum absolute atomic E-state index is 0.00420. The number of nitriles is 3. The monoisotopic (exact) mass is 1600 g/mol. The van der Waals surface area contributed by atoms with Crippen molar-refractivity contribution >= 4 is 99.1 Å². The van der Waals surface area contributed by atoms with Gasteiger partial charge in [0, 0.05) is 114 Å². The lowest BCUT2D eigenvalue weighted by atomic mass is 10.00. The van der Waals surface area contributed by atoms with E-state index in [9.17, 15) is 42.2 Å². The van der Waals surface area contributed by atoms with Gasteiger partial charge in [-0.15, -0.1) is 0 Å². The number of aromatic amines is 1. The van der Waals surface area contributed by atoms with E-state index < -0.39 is 20.0 Å². The topological polar surface area (TPSA) is 326 Å². The van der Waals surface area contributed by atoms with Crippen molar-refractivity contribution in [2.45, 2.75) is 35.5 Å². The Labute approximate surface area is 681 Å². The fourth-order valence-corrected chi connectivity index (χ4v) is 18.2. The van der Waals surface area contributed by atoms with Gasteiger partial charge in [-0.25, -0.2) is 39.7 Å². The van der Waals surface area contributed by atoms with Crippen LogP contribution in [0.15, 0.2) is 253 Å². The van der Waals surface area contributed by atoms with Crippen LogP contribution >= 0.6 is 0 Å². The van der Waals surface area contributed by atoms with Gasteiger partial charge in [-0.2, -0.15) is 15.8 Å². The van der Waals surface area contributed by atoms with E-state index in [0.29, 0.717) is 93.6 Å². The second-order valence-corrected chi connectivity index (χ2v) is 32.9. The molecule has 5 fully saturated rings. The largest absolute Gasteiger partial charge is 0.398 e. The number of benzene rings is 8. The molecule has 0 spiro atoms. The zero-order valence-corrected chi connectivity index (χ0v) is 65.7. The number of carbonyl (C=O) groups is 2. The van der Waals surface area contributed by atoms with Crippen molar-refractivity contribution in [2.75, 3.05) is 110 Å². The second kappa shape index (κ2) is 33.2. The van der Waals surface area contributed by atoms with Crippen LogP contribution in [0.5, 0.6) is 0 Å². The number of nitrogen functional groups attached to an aromatic ring is 1. The molecule has 26 heteroatoms. The molecular formula is C92H79N15O9S2. The molecule has 2 saturated carbocycles. The maximum Gasteiger partial charge on any atom is 0.269 e. The minimum atomic E-state index is -4.04. The summed E-state index contributed by atoms with van der Waals surface area (Å²) < 4.78 is 75.5. The molecule has 5 aliphatic rings. The lowest BCUT2D eigenvalue weighted by Crippen LogP contribution is -2.36. The van der Waals surface area contributed by atoms with Crippen molar-refractivity contribution in [2.24, 2.45) is 11.8 Å². The SMILES string of the molecule is N#Cc1cc(-c2ccnc3[nH]c(-c4ccc(N5CCOCC5)cc4)cc23)ccc1NC(=O)C1CC1.N#Cc1cc(-c2ccnc3c2cc(-c2ccc(N4CCOCC4)cc2)n3S(=O)(=O)c2ccccc2)ccc1N.N#Cc1cc(-c2ccnc3c2cc(-c2ccc(N4CCOCC4)cc2)n3S(=O)(=O)c2ccccc2)ccc1NC(=O)C1CC1. The highest BCUT2D eigenvalue weighted by atomic mass is 32.2. The molecule has 0 unspecified atom stereocenters. The number of nitrogens with zero attached hydrogens (tertiary/aromatic N) is 11. The van der Waals surface area contributed by atoms with Gasteiger partial charge in [0.25, 0.3) is 20.0 Å². The van der Waals surface area contributed by atoms with Crippen LogP contribution in [0, 0.1) is 45.8 Å². The molecule has 0 atom stereocenters. The lowest BCUT2D eigenvalue weighted by molar-refractivity contribution is -0.118. The minimum Gasteiger partial charge on any atom is -0.398 e. The van der Waals surface area contributed by atoms with Crippen LogP contribution in [0.1, 0.15) is 42.4 Å². The number of hydrogen-bond donors (Lipinski definition) is 4. The molecule has 2 aliphatic carbocycles. The third-order valence-electron chi connectivity index (χ3n) is 21.8. The molecule has 0 bridgehead atoms. The Morgan fingerprint density at radius 1 is 0.407 bits per heavy atom. The lowest BCUT2D eigenvalue weighted by Gasteiger charge is -2.28. The molecule has 19 rings (SSSR count). The van der Waals surface area contributed by atoms with Crippen molar-refractivity contribution in [3.63, 3.8) is 0 Å². The number of ether oxygens (including phenoxy) is 3. The van der Waals surface area contributed by atoms with Gasteiger partial charge in [-0.1, -0.05) is 91.0 Å². The summed E-state index contributed by atoms with van der Waals surface area (Å²) in [5.74, 6) is 0.0134. The van der Waals surface area contributed by atoms with E-state index in [1.165, 1.54) is 13.6 Å². The first kappa shape index (κ1) is 76.8. The number of carbonyl (C=O) groups excluding carboxylic acids is 2. The third kappa shape index (κ3) is 15.8. The number of amides is 2. The fraction of sp³-hybridized carbons (Fsp3) is 0.196. The predicted octanol–water partition coefficient (Wildman–Crippen LogP) is 15.5. The Morgan fingerprint density at radius 3 is 1.15 bits per heavy atom. The summed E-state index contributed by atoms with van der Waals surface area (Å²) in [5.41, 5.74) is 22.5. The molecule has 24 nitrogen and oxygen atoms in total. The van der Waals surface area contributed by atoms with Gasteiger partial charge >= 0.3 is 0 Å². The summed E-state index contributed by atoms with van der Waals surface area (Å²) in [6.07, 6.45) is 8.51. The zero-order chi connectivity index (χ0) is 81.0. The number of hydrogen-bond acceptors (Lipinski definition) is 19. The average Bonchev–Trinajstić information content (AvgIpc) is 1.58. The normalized spacial score (nSPS) is 14.9. The first-order chi connectivity index (χ1) is 57.6. The molecule has 0 radical (unpaired) electrons. The zero-order valence-electron chi connectivity index (χ0n) is 64.0. The van der Waals surface area contributed by atoms with E-state index in [-0.39, 0.29) is 39.1 Å². The molecule has 5 N–H and O–H groups in total. The first-order valence-corrected chi connectivity index (χ1v) is 41.9. The summed E-state index contributed by atoms with van der Waals surface area (Å²) in [5, 5.41) is 37.2. The van der Waals surface area contributed by atoms with Crippen molar-refractivity contribution in [3.8, 4) is 85.4 Å². The first-order valence-electron chi connectivity index (χ1n) is 39.0. The standard InChI is InChI=1S/C34H29N5O4S.C30H25N5O3S.C28H25N5O2/c35-22-26-20-25(10-13-31(26)37-34(40)24-6-7-24)29-14-15-36-33-30(29)21-32(39(33)44(41,42)28-4-2-1-3-5-28)23-8-11-27(12-9-23)38-16-18-43-19-17-38;31-20-23-18-22(8-11-28(23)32)26-12-13-33-30-27(26)19-29(35(30)39(36,37)25-4-2-1-3-5-25)21-6-9-24(10-7-21)34-14-16-38-17-15-34;29-17-21-15-20(5-8-25(21)32-28(34)19-1-2-19)23-9-10-30-27-24(23)16-26(31-27)18-3-6-22(7-4-18)33-11-13-35-14-12-33/h1-5,8-15,20-21,24H,6-7,16-19H2,(H,37,40);1-13,18-19H,14-17,32H2;3-10,15-16,19H,1-2,11-14H2,(H,30,31)(H,32,34). The van der Waals surface area contributed by atoms with E-state index in [0.717, 1.165) is 151 Å². The van der Waals surface area contributed by atoms with E-state index in [2.05, 4.69) is 93.8 Å². The van der Waals surface area contributed by atoms with E-state index in [1.54, 1.807) is 104 Å². The predicted molar refractivity (Wildman–Crippen MR) is 457 cm³/mol. The number of pyridine rings is 3. The third-order valence-corrected chi connectivity index (χ3v) is 25.3. The van der Waals surface area contributed by atoms with Crippen LogP contribution in [-0.2, 0) is 43.8 Å². The summed E-state index contributed by atoms with van der Waals surface area (Å²) in [6, 6.07) is 75.0.